The molecule has 0 bridgehead atoms. The Balaban J connectivity index is 1.41. The summed E-state index contributed by atoms with van der Waals surface area (Å²) >= 11 is 1.36. The van der Waals surface area contributed by atoms with Crippen molar-refractivity contribution in [3.8, 4) is 22.1 Å². The molecule has 0 aliphatic heterocycles. The predicted molar refractivity (Wildman–Crippen MR) is 124 cm³/mol. The van der Waals surface area contributed by atoms with Crippen molar-refractivity contribution in [1.82, 2.24) is 19.9 Å². The van der Waals surface area contributed by atoms with Gasteiger partial charge in [-0.3, -0.25) is 4.79 Å². The summed E-state index contributed by atoms with van der Waals surface area (Å²) in [7, 11) is 3.19. The highest BCUT2D eigenvalue weighted by molar-refractivity contribution is 7.17. The molecule has 0 spiro atoms. The zero-order valence-electron chi connectivity index (χ0n) is 18.2. The van der Waals surface area contributed by atoms with Crippen LogP contribution in [0, 0.1) is 6.92 Å². The highest BCUT2D eigenvalue weighted by atomic mass is 32.1. The van der Waals surface area contributed by atoms with Crippen molar-refractivity contribution in [2.24, 2.45) is 0 Å². The molecule has 2 aromatic heterocycles. The molecule has 0 unspecified atom stereocenters. The summed E-state index contributed by atoms with van der Waals surface area (Å²) in [6, 6.07) is 13.8. The van der Waals surface area contributed by atoms with Gasteiger partial charge in [0.2, 0.25) is 0 Å². The zero-order valence-corrected chi connectivity index (χ0v) is 19.0. The van der Waals surface area contributed by atoms with E-state index in [0.29, 0.717) is 28.6 Å². The van der Waals surface area contributed by atoms with Gasteiger partial charge in [0, 0.05) is 31.0 Å². The van der Waals surface area contributed by atoms with E-state index in [0.717, 1.165) is 22.7 Å². The quantitative estimate of drug-likeness (QED) is 0.435. The number of thiazole rings is 1. The van der Waals surface area contributed by atoms with Crippen molar-refractivity contribution in [2.75, 3.05) is 14.2 Å². The molecule has 0 radical (unpaired) electrons. The molecule has 164 valence electrons. The normalized spacial score (nSPS) is 10.7. The number of nitrogens with one attached hydrogen (secondary N) is 1. The molecule has 0 atom stereocenters. The molecule has 32 heavy (non-hydrogen) atoms. The number of aromatic nitrogens is 3. The lowest BCUT2D eigenvalue weighted by Crippen LogP contribution is -2.22. The van der Waals surface area contributed by atoms with Gasteiger partial charge in [0.25, 0.3) is 5.91 Å². The van der Waals surface area contributed by atoms with Crippen LogP contribution in [0.4, 0.5) is 0 Å². The molecule has 2 heterocycles. The van der Waals surface area contributed by atoms with Gasteiger partial charge in [0.15, 0.2) is 11.5 Å². The van der Waals surface area contributed by atoms with Crippen LogP contribution in [0.3, 0.4) is 0 Å². The molecule has 0 saturated heterocycles. The highest BCUT2D eigenvalue weighted by Gasteiger charge is 2.17. The minimum atomic E-state index is -0.130. The maximum absolute atomic E-state index is 12.8. The molecular weight excluding hydrogens is 424 g/mol. The van der Waals surface area contributed by atoms with Gasteiger partial charge >= 0.3 is 0 Å². The third-order valence-corrected chi connectivity index (χ3v) is 6.24. The average molecular weight is 449 g/mol. The van der Waals surface area contributed by atoms with Gasteiger partial charge in [0.05, 0.1) is 26.2 Å². The van der Waals surface area contributed by atoms with Crippen molar-refractivity contribution in [1.29, 1.82) is 0 Å². The number of aryl methyl sites for hydroxylation is 1. The predicted octanol–water partition coefficient (Wildman–Crippen LogP) is 4.31. The Labute approximate surface area is 190 Å². The SMILES string of the molecule is COc1ccc(-c2nc(C)c(C(=O)NCc3ccc(Cn4ccnc4)cc3)s2)cc1OC. The summed E-state index contributed by atoms with van der Waals surface area (Å²) in [5.41, 5.74) is 3.79. The summed E-state index contributed by atoms with van der Waals surface area (Å²) in [5, 5.41) is 3.76. The number of hydrogen-bond acceptors (Lipinski definition) is 6. The Morgan fingerprint density at radius 2 is 1.81 bits per heavy atom. The number of carbonyl (C=O) groups excluding carboxylic acids is 1. The van der Waals surface area contributed by atoms with Crippen LogP contribution in [0.15, 0.2) is 61.2 Å². The molecule has 1 amide bonds. The van der Waals surface area contributed by atoms with E-state index >= 15 is 0 Å². The van der Waals surface area contributed by atoms with Crippen LogP contribution in [0.2, 0.25) is 0 Å². The standard InChI is InChI=1S/C24H24N4O3S/c1-16-22(32-24(27-16)19-8-9-20(30-2)21(12-19)31-3)23(29)26-13-17-4-6-18(7-5-17)14-28-11-10-25-15-28/h4-12,15H,13-14H2,1-3H3,(H,26,29). The van der Waals surface area contributed by atoms with Crippen LogP contribution >= 0.6 is 11.3 Å². The number of nitrogens with zero attached hydrogens (tertiary/aromatic N) is 3. The number of benzene rings is 2. The van der Waals surface area contributed by atoms with Crippen LogP contribution in [-0.4, -0.2) is 34.7 Å². The monoisotopic (exact) mass is 448 g/mol. The molecular formula is C24H24N4O3S. The van der Waals surface area contributed by atoms with Crippen molar-refractivity contribution in [3.05, 3.63) is 82.9 Å². The molecule has 4 aromatic rings. The van der Waals surface area contributed by atoms with Gasteiger partial charge in [-0.25, -0.2) is 9.97 Å². The molecule has 0 aliphatic rings. The third kappa shape index (κ3) is 4.81. The zero-order chi connectivity index (χ0) is 22.5. The number of hydrogen-bond donors (Lipinski definition) is 1. The van der Waals surface area contributed by atoms with Gasteiger partial charge in [-0.05, 0) is 36.2 Å². The Morgan fingerprint density at radius 1 is 1.06 bits per heavy atom. The number of carbonyl (C=O) groups is 1. The lowest BCUT2D eigenvalue weighted by Gasteiger charge is -2.08. The number of imidazole rings is 1. The Hall–Kier alpha value is -3.65. The number of rotatable bonds is 8. The van der Waals surface area contributed by atoms with Crippen molar-refractivity contribution in [3.63, 3.8) is 0 Å². The van der Waals surface area contributed by atoms with Crippen LogP contribution < -0.4 is 14.8 Å². The van der Waals surface area contributed by atoms with E-state index in [4.69, 9.17) is 9.47 Å². The van der Waals surface area contributed by atoms with E-state index in [1.807, 2.05) is 48.0 Å². The molecule has 0 fully saturated rings. The molecule has 0 saturated carbocycles. The second-order valence-electron chi connectivity index (χ2n) is 7.24. The van der Waals surface area contributed by atoms with Crippen molar-refractivity contribution >= 4 is 17.2 Å². The first-order valence-electron chi connectivity index (χ1n) is 10.1. The summed E-state index contributed by atoms with van der Waals surface area (Å²) in [4.78, 5) is 22.0. The second kappa shape index (κ2) is 9.65. The first-order valence-corrected chi connectivity index (χ1v) is 10.9. The molecule has 0 aliphatic carbocycles. The van der Waals surface area contributed by atoms with Gasteiger partial charge in [-0.1, -0.05) is 24.3 Å². The summed E-state index contributed by atoms with van der Waals surface area (Å²) in [6.45, 7) is 3.07. The molecule has 7 nitrogen and oxygen atoms in total. The molecule has 8 heteroatoms. The fourth-order valence-electron chi connectivity index (χ4n) is 3.32. The Morgan fingerprint density at radius 3 is 2.50 bits per heavy atom. The third-order valence-electron chi connectivity index (χ3n) is 5.03. The second-order valence-corrected chi connectivity index (χ2v) is 8.24. The Bertz CT molecular complexity index is 1200. The van der Waals surface area contributed by atoms with Gasteiger partial charge in [0.1, 0.15) is 9.88 Å². The van der Waals surface area contributed by atoms with Crippen LogP contribution in [0.5, 0.6) is 11.5 Å². The lowest BCUT2D eigenvalue weighted by molar-refractivity contribution is 0.0954. The Kier molecular flexibility index (Phi) is 6.51. The van der Waals surface area contributed by atoms with E-state index in [1.165, 1.54) is 16.9 Å². The fraction of sp³-hybridized carbons (Fsp3) is 0.208. The van der Waals surface area contributed by atoms with E-state index in [9.17, 15) is 4.79 Å². The largest absolute Gasteiger partial charge is 0.493 e. The number of amides is 1. The maximum atomic E-state index is 12.8. The first kappa shape index (κ1) is 21.6. The summed E-state index contributed by atoms with van der Waals surface area (Å²) in [6.07, 6.45) is 5.49. The first-order chi connectivity index (χ1) is 15.6. The van der Waals surface area contributed by atoms with Gasteiger partial charge < -0.3 is 19.4 Å². The minimum absolute atomic E-state index is 0.130. The molecule has 2 aromatic carbocycles. The lowest BCUT2D eigenvalue weighted by atomic mass is 10.1. The molecule has 4 rings (SSSR count). The van der Waals surface area contributed by atoms with Crippen molar-refractivity contribution in [2.45, 2.75) is 20.0 Å². The highest BCUT2D eigenvalue weighted by Crippen LogP contribution is 2.35. The maximum Gasteiger partial charge on any atom is 0.263 e. The average Bonchev–Trinajstić information content (AvgIpc) is 3.47. The van der Waals surface area contributed by atoms with E-state index in [-0.39, 0.29) is 5.91 Å². The van der Waals surface area contributed by atoms with Crippen molar-refractivity contribution < 1.29 is 14.3 Å². The number of ether oxygens (including phenoxy) is 2. The summed E-state index contributed by atoms with van der Waals surface area (Å²) in [5.74, 6) is 1.15. The number of methoxy groups -OCH3 is 2. The van der Waals surface area contributed by atoms with Crippen LogP contribution in [0.1, 0.15) is 26.5 Å². The topological polar surface area (TPSA) is 78.3 Å². The fourth-order valence-corrected chi connectivity index (χ4v) is 4.30. The molecule has 1 N–H and O–H groups in total. The van der Waals surface area contributed by atoms with Gasteiger partial charge in [-0.15, -0.1) is 11.3 Å². The van der Waals surface area contributed by atoms with Crippen LogP contribution in [0.25, 0.3) is 10.6 Å². The smallest absolute Gasteiger partial charge is 0.263 e. The summed E-state index contributed by atoms with van der Waals surface area (Å²) < 4.78 is 12.7. The van der Waals surface area contributed by atoms with E-state index in [1.54, 1.807) is 26.7 Å². The van der Waals surface area contributed by atoms with E-state index in [2.05, 4.69) is 27.4 Å². The van der Waals surface area contributed by atoms with Crippen LogP contribution in [-0.2, 0) is 13.1 Å². The van der Waals surface area contributed by atoms with E-state index < -0.39 is 0 Å². The minimum Gasteiger partial charge on any atom is -0.493 e. The van der Waals surface area contributed by atoms with Gasteiger partial charge in [-0.2, -0.15) is 0 Å².